The van der Waals surface area contributed by atoms with E-state index in [9.17, 15) is 17.4 Å². The van der Waals surface area contributed by atoms with Crippen molar-refractivity contribution in [2.24, 2.45) is 0 Å². The molecule has 0 saturated heterocycles. The van der Waals surface area contributed by atoms with Gasteiger partial charge in [-0.1, -0.05) is 0 Å². The summed E-state index contributed by atoms with van der Waals surface area (Å²) in [6.45, 7) is 2.42. The highest BCUT2D eigenvalue weighted by atomic mass is 32.2. The first-order chi connectivity index (χ1) is 9.82. The molecule has 5 nitrogen and oxygen atoms in total. The lowest BCUT2D eigenvalue weighted by molar-refractivity contribution is -0.137. The Labute approximate surface area is 121 Å². The molecule has 2 rings (SSSR count). The van der Waals surface area contributed by atoms with E-state index in [1.807, 2.05) is 6.92 Å². The Morgan fingerprint density at radius 1 is 1.38 bits per heavy atom. The van der Waals surface area contributed by atoms with Crippen molar-refractivity contribution in [3.05, 3.63) is 35.9 Å². The second kappa shape index (κ2) is 5.84. The van der Waals surface area contributed by atoms with Crippen molar-refractivity contribution in [3.8, 4) is 0 Å². The molecule has 1 aromatic carbocycles. The van der Waals surface area contributed by atoms with Crippen LogP contribution in [0.25, 0.3) is 0 Å². The lowest BCUT2D eigenvalue weighted by Crippen LogP contribution is -2.10. The molecule has 9 heteroatoms. The smallest absolute Gasteiger partial charge is 0.398 e. The van der Waals surface area contributed by atoms with Crippen LogP contribution in [-0.4, -0.2) is 19.0 Å². The number of aromatic nitrogens is 3. The van der Waals surface area contributed by atoms with Crippen LogP contribution >= 0.6 is 0 Å². The zero-order valence-corrected chi connectivity index (χ0v) is 11.9. The maximum Gasteiger partial charge on any atom is 0.416 e. The summed E-state index contributed by atoms with van der Waals surface area (Å²) >= 11 is 0. The van der Waals surface area contributed by atoms with Gasteiger partial charge in [-0.25, -0.2) is 9.67 Å². The van der Waals surface area contributed by atoms with Crippen LogP contribution in [0.3, 0.4) is 0 Å². The quantitative estimate of drug-likeness (QED) is 0.877. The van der Waals surface area contributed by atoms with Gasteiger partial charge in [0.1, 0.15) is 12.2 Å². The maximum absolute atomic E-state index is 12.6. The van der Waals surface area contributed by atoms with Crippen molar-refractivity contribution in [3.63, 3.8) is 0 Å². The molecule has 0 bridgehead atoms. The number of nitrogens with two attached hydrogens (primary N) is 1. The number of hydrogen-bond acceptors (Lipinski definition) is 4. The van der Waals surface area contributed by atoms with E-state index in [4.69, 9.17) is 5.73 Å². The molecule has 2 aromatic rings. The topological polar surface area (TPSA) is 73.8 Å². The first-order valence-electron chi connectivity index (χ1n) is 6.04. The second-order valence-electron chi connectivity index (χ2n) is 4.23. The van der Waals surface area contributed by atoms with Gasteiger partial charge in [0.15, 0.2) is 0 Å². The van der Waals surface area contributed by atoms with Gasteiger partial charge < -0.3 is 5.73 Å². The Bertz CT molecular complexity index is 669. The van der Waals surface area contributed by atoms with E-state index < -0.39 is 22.5 Å². The number of anilines is 1. The largest absolute Gasteiger partial charge is 0.416 e. The lowest BCUT2D eigenvalue weighted by Gasteiger charge is -2.10. The Morgan fingerprint density at radius 2 is 2.10 bits per heavy atom. The van der Waals surface area contributed by atoms with Crippen molar-refractivity contribution in [2.45, 2.75) is 30.3 Å². The predicted octanol–water partition coefficient (Wildman–Crippen LogP) is 2.21. The summed E-state index contributed by atoms with van der Waals surface area (Å²) in [5, 5.41) is 3.94. The number of rotatable bonds is 4. The number of benzene rings is 1. The van der Waals surface area contributed by atoms with Crippen molar-refractivity contribution in [1.29, 1.82) is 0 Å². The normalized spacial score (nSPS) is 13.3. The summed E-state index contributed by atoms with van der Waals surface area (Å²) in [6.07, 6.45) is -3.14. The molecule has 0 radical (unpaired) electrons. The van der Waals surface area contributed by atoms with Gasteiger partial charge in [-0.15, -0.1) is 0 Å². The lowest BCUT2D eigenvalue weighted by atomic mass is 10.2. The average molecular weight is 318 g/mol. The van der Waals surface area contributed by atoms with Gasteiger partial charge in [0.2, 0.25) is 0 Å². The highest BCUT2D eigenvalue weighted by Gasteiger charge is 2.31. The number of aryl methyl sites for hydroxylation is 1. The molecular weight excluding hydrogens is 305 g/mol. The Hall–Kier alpha value is -1.90. The van der Waals surface area contributed by atoms with Gasteiger partial charge in [-0.2, -0.15) is 18.3 Å². The number of halogens is 3. The molecule has 0 aliphatic heterocycles. The summed E-state index contributed by atoms with van der Waals surface area (Å²) in [4.78, 5) is 4.14. The van der Waals surface area contributed by atoms with E-state index in [1.165, 1.54) is 6.33 Å². The summed E-state index contributed by atoms with van der Waals surface area (Å²) in [5.74, 6) is 0.541. The van der Waals surface area contributed by atoms with Crippen LogP contribution < -0.4 is 5.73 Å². The van der Waals surface area contributed by atoms with Crippen LogP contribution in [0.4, 0.5) is 18.9 Å². The molecule has 0 saturated carbocycles. The zero-order valence-electron chi connectivity index (χ0n) is 11.1. The van der Waals surface area contributed by atoms with E-state index in [1.54, 1.807) is 4.68 Å². The SMILES string of the molecule is CCn1ncnc1CS(=O)c1ccc(C(F)(F)F)cc1N. The van der Waals surface area contributed by atoms with E-state index in [0.29, 0.717) is 12.4 Å². The minimum atomic E-state index is -4.48. The average Bonchev–Trinajstić information content (AvgIpc) is 2.84. The molecule has 1 unspecified atom stereocenters. The predicted molar refractivity (Wildman–Crippen MR) is 71.7 cm³/mol. The van der Waals surface area contributed by atoms with Gasteiger partial charge >= 0.3 is 6.18 Å². The second-order valence-corrected chi connectivity index (χ2v) is 5.65. The summed E-state index contributed by atoms with van der Waals surface area (Å²) in [7, 11) is -1.59. The molecule has 0 aliphatic rings. The van der Waals surface area contributed by atoms with E-state index in [2.05, 4.69) is 10.1 Å². The van der Waals surface area contributed by atoms with Crippen molar-refractivity contribution < 1.29 is 17.4 Å². The molecule has 0 aliphatic carbocycles. The third kappa shape index (κ3) is 3.41. The summed E-state index contributed by atoms with van der Waals surface area (Å²) in [6, 6.07) is 2.80. The number of hydrogen-bond donors (Lipinski definition) is 1. The van der Waals surface area contributed by atoms with Gasteiger partial charge in [0.05, 0.1) is 27.0 Å². The van der Waals surface area contributed by atoms with Crippen LogP contribution in [0.15, 0.2) is 29.4 Å². The van der Waals surface area contributed by atoms with E-state index in [0.717, 1.165) is 18.2 Å². The third-order valence-corrected chi connectivity index (χ3v) is 4.22. The minimum absolute atomic E-state index is 0.0450. The fourth-order valence-corrected chi connectivity index (χ4v) is 2.95. The molecule has 114 valence electrons. The molecule has 1 atom stereocenters. The van der Waals surface area contributed by atoms with Crippen molar-refractivity contribution >= 4 is 16.5 Å². The zero-order chi connectivity index (χ0) is 15.6. The minimum Gasteiger partial charge on any atom is -0.398 e. The van der Waals surface area contributed by atoms with Crippen LogP contribution in [0.2, 0.25) is 0 Å². The van der Waals surface area contributed by atoms with Gasteiger partial charge in [-0.05, 0) is 25.1 Å². The third-order valence-electron chi connectivity index (χ3n) is 2.84. The Morgan fingerprint density at radius 3 is 2.67 bits per heavy atom. The van der Waals surface area contributed by atoms with Crippen LogP contribution in [0.1, 0.15) is 18.3 Å². The number of nitrogen functional groups attached to an aromatic ring is 1. The first-order valence-corrected chi connectivity index (χ1v) is 7.36. The molecule has 2 N–H and O–H groups in total. The molecule has 1 heterocycles. The van der Waals surface area contributed by atoms with Crippen LogP contribution in [0, 0.1) is 0 Å². The molecule has 1 aromatic heterocycles. The molecule has 21 heavy (non-hydrogen) atoms. The molecule has 0 amide bonds. The van der Waals surface area contributed by atoms with Crippen molar-refractivity contribution in [1.82, 2.24) is 14.8 Å². The fraction of sp³-hybridized carbons (Fsp3) is 0.333. The fourth-order valence-electron chi connectivity index (χ4n) is 1.79. The summed E-state index contributed by atoms with van der Waals surface area (Å²) < 4.78 is 51.5. The highest BCUT2D eigenvalue weighted by Crippen LogP contribution is 2.32. The van der Waals surface area contributed by atoms with Gasteiger partial charge in [0, 0.05) is 12.2 Å². The number of nitrogens with zero attached hydrogens (tertiary/aromatic N) is 3. The Kier molecular flexibility index (Phi) is 4.31. The van der Waals surface area contributed by atoms with E-state index >= 15 is 0 Å². The molecular formula is C12H13F3N4OS. The van der Waals surface area contributed by atoms with Crippen molar-refractivity contribution in [2.75, 3.05) is 5.73 Å². The Balaban J connectivity index is 2.24. The molecule has 0 fully saturated rings. The maximum atomic E-state index is 12.6. The first kappa shape index (κ1) is 15.5. The van der Waals surface area contributed by atoms with Gasteiger partial charge in [0.25, 0.3) is 0 Å². The standard InChI is InChI=1S/C12H13F3N4OS/c1-2-19-11(17-7-18-19)6-21(20)10-4-3-8(5-9(10)16)12(13,14)15/h3-5,7H,2,6,16H2,1H3. The van der Waals surface area contributed by atoms with Crippen LogP contribution in [-0.2, 0) is 29.3 Å². The number of alkyl halides is 3. The van der Waals surface area contributed by atoms with Crippen LogP contribution in [0.5, 0.6) is 0 Å². The highest BCUT2D eigenvalue weighted by molar-refractivity contribution is 7.84. The summed E-state index contributed by atoms with van der Waals surface area (Å²) in [5.41, 5.74) is 4.57. The monoisotopic (exact) mass is 318 g/mol. The molecule has 0 spiro atoms. The van der Waals surface area contributed by atoms with Gasteiger partial charge in [-0.3, -0.25) is 4.21 Å². The van der Waals surface area contributed by atoms with E-state index in [-0.39, 0.29) is 16.3 Å².